The molecule has 2 aromatic rings. The monoisotopic (exact) mass is 544 g/mol. The van der Waals surface area contributed by atoms with Gasteiger partial charge in [-0.25, -0.2) is 17.9 Å². The van der Waals surface area contributed by atoms with E-state index in [1.807, 2.05) is 0 Å². The van der Waals surface area contributed by atoms with E-state index in [0.29, 0.717) is 20.0 Å². The van der Waals surface area contributed by atoms with Crippen molar-refractivity contribution in [2.45, 2.75) is 37.1 Å². The number of nitrogens with one attached hydrogen (secondary N) is 1. The Hall–Kier alpha value is -3.34. The molecule has 0 atom stereocenters. The lowest BCUT2D eigenvalue weighted by Crippen LogP contribution is -2.44. The smallest absolute Gasteiger partial charge is 0.427 e. The number of alkyl halides is 5. The van der Waals surface area contributed by atoms with Crippen LogP contribution in [-0.4, -0.2) is 67.5 Å². The average molecular weight is 544 g/mol. The molecular formula is C19H21F5N4O7S. The van der Waals surface area contributed by atoms with Crippen molar-refractivity contribution >= 4 is 27.5 Å². The van der Waals surface area contributed by atoms with Gasteiger partial charge in [-0.05, 0) is 32.0 Å². The Labute approximate surface area is 201 Å². The Kier molecular flexibility index (Phi) is 7.54. The predicted molar refractivity (Wildman–Crippen MR) is 113 cm³/mol. The van der Waals surface area contributed by atoms with Crippen LogP contribution in [0, 0.1) is 0 Å². The third kappa shape index (κ3) is 5.56. The SMILES string of the molecule is CC(C)(OC(=O)Nc1ccc2c(c1)N(S(=O)(=O)c1cn(C(F)F)nc1OCCO)CCO2)C(F)(F)F. The number of amides is 1. The van der Waals surface area contributed by atoms with Gasteiger partial charge < -0.3 is 19.3 Å². The summed E-state index contributed by atoms with van der Waals surface area (Å²) in [6.07, 6.45) is -5.75. The van der Waals surface area contributed by atoms with Crippen LogP contribution in [0.4, 0.5) is 38.1 Å². The van der Waals surface area contributed by atoms with Crippen LogP contribution < -0.4 is 19.1 Å². The Bertz CT molecular complexity index is 1220. The Balaban J connectivity index is 1.94. The average Bonchev–Trinajstić information content (AvgIpc) is 3.21. The molecule has 1 aliphatic heterocycles. The van der Waals surface area contributed by atoms with Crippen molar-refractivity contribution in [2.75, 3.05) is 36.0 Å². The third-order valence-electron chi connectivity index (χ3n) is 4.82. The molecule has 3 rings (SSSR count). The predicted octanol–water partition coefficient (Wildman–Crippen LogP) is 3.13. The number of halogens is 5. The van der Waals surface area contributed by atoms with E-state index in [9.17, 15) is 35.2 Å². The van der Waals surface area contributed by atoms with Crippen molar-refractivity contribution in [3.63, 3.8) is 0 Å². The maximum atomic E-state index is 13.4. The molecule has 1 amide bonds. The number of ether oxygens (including phenoxy) is 3. The van der Waals surface area contributed by atoms with Crippen LogP contribution in [0.1, 0.15) is 20.4 Å². The second-order valence-corrected chi connectivity index (χ2v) is 9.59. The highest BCUT2D eigenvalue weighted by Gasteiger charge is 2.51. The zero-order valence-corrected chi connectivity index (χ0v) is 19.6. The van der Waals surface area contributed by atoms with Gasteiger partial charge in [-0.1, -0.05) is 0 Å². The third-order valence-corrected chi connectivity index (χ3v) is 6.62. The van der Waals surface area contributed by atoms with Gasteiger partial charge in [-0.3, -0.25) is 9.62 Å². The fourth-order valence-electron chi connectivity index (χ4n) is 2.95. The molecule has 200 valence electrons. The number of aliphatic hydroxyl groups excluding tert-OH is 1. The normalized spacial score (nSPS) is 14.3. The van der Waals surface area contributed by atoms with E-state index in [2.05, 4.69) is 15.2 Å². The van der Waals surface area contributed by atoms with E-state index in [0.717, 1.165) is 10.4 Å². The minimum absolute atomic E-state index is 0.0263. The van der Waals surface area contributed by atoms with Crippen LogP contribution in [0.5, 0.6) is 11.6 Å². The first-order chi connectivity index (χ1) is 16.7. The molecule has 36 heavy (non-hydrogen) atoms. The van der Waals surface area contributed by atoms with Gasteiger partial charge in [0.15, 0.2) is 4.90 Å². The van der Waals surface area contributed by atoms with Gasteiger partial charge in [0, 0.05) is 5.69 Å². The second-order valence-electron chi connectivity index (χ2n) is 7.76. The molecule has 0 spiro atoms. The molecule has 0 bridgehead atoms. The topological polar surface area (TPSA) is 132 Å². The van der Waals surface area contributed by atoms with E-state index in [-0.39, 0.29) is 35.0 Å². The lowest BCUT2D eigenvalue weighted by molar-refractivity contribution is -0.242. The molecule has 0 fully saturated rings. The largest absolute Gasteiger partial charge is 0.489 e. The number of nitrogens with zero attached hydrogens (tertiary/aromatic N) is 3. The van der Waals surface area contributed by atoms with Gasteiger partial charge >= 0.3 is 18.8 Å². The van der Waals surface area contributed by atoms with Gasteiger partial charge in [0.25, 0.3) is 15.9 Å². The van der Waals surface area contributed by atoms with E-state index in [4.69, 9.17) is 14.6 Å². The molecule has 1 aromatic heterocycles. The standard InChI is InChI=1S/C19H21F5N4O7S/c1-18(2,19(22,23)24)35-17(30)25-11-3-4-13-12(9-11)28(5-7-33-13)36(31,32)14-10-27(16(20)21)26-15(14)34-8-6-29/h3-4,9-10,16,29H,5-8H2,1-2H3,(H,25,30). The number of hydrogen-bond donors (Lipinski definition) is 2. The van der Waals surface area contributed by atoms with Gasteiger partial charge in [0.2, 0.25) is 5.60 Å². The Morgan fingerprint density at radius 3 is 2.61 bits per heavy atom. The molecule has 2 N–H and O–H groups in total. The maximum Gasteiger partial charge on any atom is 0.427 e. The Morgan fingerprint density at radius 1 is 1.31 bits per heavy atom. The molecule has 0 aliphatic carbocycles. The van der Waals surface area contributed by atoms with Gasteiger partial charge in [-0.15, -0.1) is 5.10 Å². The van der Waals surface area contributed by atoms with Crippen molar-refractivity contribution < 1.29 is 54.5 Å². The molecule has 0 unspecified atom stereocenters. The van der Waals surface area contributed by atoms with Crippen LogP contribution in [0.2, 0.25) is 0 Å². The summed E-state index contributed by atoms with van der Waals surface area (Å²) in [4.78, 5) is 11.3. The number of sulfonamides is 1. The zero-order chi connectivity index (χ0) is 26.9. The van der Waals surface area contributed by atoms with E-state index in [1.54, 1.807) is 0 Å². The maximum absolute atomic E-state index is 13.4. The quantitative estimate of drug-likeness (QED) is 0.485. The summed E-state index contributed by atoms with van der Waals surface area (Å²) in [5, 5.41) is 14.4. The van der Waals surface area contributed by atoms with Crippen molar-refractivity contribution in [3.05, 3.63) is 24.4 Å². The summed E-state index contributed by atoms with van der Waals surface area (Å²) in [6.45, 7) is -3.27. The number of aliphatic hydroxyl groups is 1. The summed E-state index contributed by atoms with van der Waals surface area (Å²) in [7, 11) is -4.61. The number of carbonyl (C=O) groups is 1. The van der Waals surface area contributed by atoms with Gasteiger partial charge in [0.1, 0.15) is 19.0 Å². The number of aromatic nitrogens is 2. The first-order valence-corrected chi connectivity index (χ1v) is 11.6. The first kappa shape index (κ1) is 27.3. The summed E-state index contributed by atoms with van der Waals surface area (Å²) in [5.41, 5.74) is -3.09. The summed E-state index contributed by atoms with van der Waals surface area (Å²) in [5.74, 6) is -0.650. The van der Waals surface area contributed by atoms with Crippen molar-refractivity contribution in [1.29, 1.82) is 0 Å². The fourth-order valence-corrected chi connectivity index (χ4v) is 4.47. The lowest BCUT2D eigenvalue weighted by atomic mass is 10.1. The summed E-state index contributed by atoms with van der Waals surface area (Å²) >= 11 is 0. The number of hydrogen-bond acceptors (Lipinski definition) is 8. The van der Waals surface area contributed by atoms with Gasteiger partial charge in [-0.2, -0.15) is 22.0 Å². The molecule has 2 heterocycles. The van der Waals surface area contributed by atoms with Crippen LogP contribution >= 0.6 is 0 Å². The summed E-state index contributed by atoms with van der Waals surface area (Å²) in [6, 6.07) is 3.59. The van der Waals surface area contributed by atoms with Crippen LogP contribution in [0.25, 0.3) is 0 Å². The number of anilines is 2. The van der Waals surface area contributed by atoms with E-state index >= 15 is 0 Å². The van der Waals surface area contributed by atoms with Crippen LogP contribution in [0.15, 0.2) is 29.3 Å². The van der Waals surface area contributed by atoms with Gasteiger partial charge in [0.05, 0.1) is 25.0 Å². The molecule has 1 aromatic carbocycles. The van der Waals surface area contributed by atoms with E-state index < -0.39 is 58.4 Å². The second kappa shape index (κ2) is 9.96. The molecular weight excluding hydrogens is 523 g/mol. The number of carbonyl (C=O) groups excluding carboxylic acids is 1. The minimum atomic E-state index is -4.85. The fraction of sp³-hybridized carbons (Fsp3) is 0.474. The number of benzene rings is 1. The molecule has 0 saturated carbocycles. The highest BCUT2D eigenvalue weighted by Crippen LogP contribution is 2.39. The Morgan fingerprint density at radius 2 is 2.00 bits per heavy atom. The lowest BCUT2D eigenvalue weighted by Gasteiger charge is -2.31. The number of fused-ring (bicyclic) bond motifs is 1. The van der Waals surface area contributed by atoms with E-state index in [1.165, 1.54) is 12.1 Å². The molecule has 1 aliphatic rings. The molecule has 17 heteroatoms. The first-order valence-electron chi connectivity index (χ1n) is 10.1. The highest BCUT2D eigenvalue weighted by molar-refractivity contribution is 7.93. The molecule has 0 radical (unpaired) electrons. The van der Waals surface area contributed by atoms with Crippen molar-refractivity contribution in [1.82, 2.24) is 9.78 Å². The van der Waals surface area contributed by atoms with Crippen LogP contribution in [-0.2, 0) is 14.8 Å². The van der Waals surface area contributed by atoms with Crippen molar-refractivity contribution in [3.8, 4) is 11.6 Å². The van der Waals surface area contributed by atoms with Crippen molar-refractivity contribution in [2.24, 2.45) is 0 Å². The van der Waals surface area contributed by atoms with Crippen LogP contribution in [0.3, 0.4) is 0 Å². The number of rotatable bonds is 8. The summed E-state index contributed by atoms with van der Waals surface area (Å²) < 4.78 is 108. The zero-order valence-electron chi connectivity index (χ0n) is 18.8. The molecule has 0 saturated heterocycles. The molecule has 11 nitrogen and oxygen atoms in total. The highest BCUT2D eigenvalue weighted by atomic mass is 32.2. The minimum Gasteiger partial charge on any atom is -0.489 e.